The lowest BCUT2D eigenvalue weighted by molar-refractivity contribution is -0.124. The summed E-state index contributed by atoms with van der Waals surface area (Å²) in [5.41, 5.74) is -4.75. The van der Waals surface area contributed by atoms with Gasteiger partial charge in [-0.2, -0.15) is 13.2 Å². The minimum absolute atomic E-state index is 0.0304. The van der Waals surface area contributed by atoms with Gasteiger partial charge in [-0.3, -0.25) is 0 Å². The van der Waals surface area contributed by atoms with Gasteiger partial charge in [-0.15, -0.1) is 0 Å². The zero-order chi connectivity index (χ0) is 18.6. The molecule has 7 heteroatoms. The lowest BCUT2D eigenvalue weighted by Gasteiger charge is -2.39. The molecule has 140 valence electrons. The fraction of sp³-hybridized carbons (Fsp3) is 0.368. The summed E-state index contributed by atoms with van der Waals surface area (Å²) in [4.78, 5) is 0.0955. The number of alkyl halides is 3. The lowest BCUT2D eigenvalue weighted by atomic mass is 9.82. The molecule has 26 heavy (non-hydrogen) atoms. The van der Waals surface area contributed by atoms with Crippen LogP contribution in [0.25, 0.3) is 0 Å². The second kappa shape index (κ2) is 8.00. The molecule has 1 aliphatic heterocycles. The Balaban J connectivity index is 1.97. The predicted octanol–water partition coefficient (Wildman–Crippen LogP) is 3.72. The smallest absolute Gasteiger partial charge is 0.382 e. The van der Waals surface area contributed by atoms with E-state index in [0.717, 1.165) is 0 Å². The maximum atomic E-state index is 12.9. The van der Waals surface area contributed by atoms with E-state index in [9.17, 15) is 18.3 Å². The first-order chi connectivity index (χ1) is 12.4. The molecule has 2 atom stereocenters. The highest BCUT2D eigenvalue weighted by Crippen LogP contribution is 2.41. The Bertz CT molecular complexity index is 720. The molecule has 1 fully saturated rings. The van der Waals surface area contributed by atoms with E-state index in [1.54, 1.807) is 42.5 Å². The fourth-order valence-electron chi connectivity index (χ4n) is 3.17. The number of benzene rings is 2. The summed E-state index contributed by atoms with van der Waals surface area (Å²) in [6, 6.07) is 15.3. The number of aliphatic hydroxyl groups is 1. The van der Waals surface area contributed by atoms with E-state index in [1.165, 1.54) is 6.07 Å². The van der Waals surface area contributed by atoms with Crippen molar-refractivity contribution >= 4 is 11.8 Å². The highest BCUT2D eigenvalue weighted by molar-refractivity contribution is 8.00. The van der Waals surface area contributed by atoms with Crippen LogP contribution in [-0.4, -0.2) is 36.4 Å². The molecule has 0 unspecified atom stereocenters. The Labute approximate surface area is 154 Å². The molecule has 3 nitrogen and oxygen atoms in total. The van der Waals surface area contributed by atoms with Crippen LogP contribution < -0.4 is 5.32 Å². The van der Waals surface area contributed by atoms with Crippen LogP contribution >= 0.6 is 11.8 Å². The summed E-state index contributed by atoms with van der Waals surface area (Å²) in [7, 11) is 0. The molecular weight excluding hydrogens is 363 g/mol. The maximum Gasteiger partial charge on any atom is 0.446 e. The van der Waals surface area contributed by atoms with Gasteiger partial charge in [-0.1, -0.05) is 48.5 Å². The first-order valence-corrected chi connectivity index (χ1v) is 9.14. The summed E-state index contributed by atoms with van der Waals surface area (Å²) in [5.74, 6) is 0. The summed E-state index contributed by atoms with van der Waals surface area (Å²) >= 11 is -0.158. The van der Waals surface area contributed by atoms with Gasteiger partial charge in [0.1, 0.15) is 11.7 Å². The minimum atomic E-state index is -4.39. The Kier molecular flexibility index (Phi) is 5.92. The molecule has 0 saturated carbocycles. The van der Waals surface area contributed by atoms with Gasteiger partial charge in [-0.25, -0.2) is 0 Å². The van der Waals surface area contributed by atoms with Crippen LogP contribution in [0, 0.1) is 0 Å². The van der Waals surface area contributed by atoms with Crippen LogP contribution in [0.4, 0.5) is 13.2 Å². The first kappa shape index (κ1) is 19.2. The number of ether oxygens (including phenoxy) is 1. The van der Waals surface area contributed by atoms with Crippen LogP contribution in [0.5, 0.6) is 0 Å². The highest BCUT2D eigenvalue weighted by Gasteiger charge is 2.41. The van der Waals surface area contributed by atoms with E-state index < -0.39 is 17.2 Å². The molecule has 0 aromatic heterocycles. The normalized spacial score (nSPS) is 20.5. The van der Waals surface area contributed by atoms with Gasteiger partial charge in [0.25, 0.3) is 0 Å². The molecule has 1 heterocycles. The maximum absolute atomic E-state index is 12.9. The van der Waals surface area contributed by atoms with Crippen molar-refractivity contribution in [2.75, 3.05) is 19.7 Å². The van der Waals surface area contributed by atoms with Gasteiger partial charge in [0.05, 0.1) is 6.61 Å². The van der Waals surface area contributed by atoms with Crippen molar-refractivity contribution in [3.63, 3.8) is 0 Å². The quantitative estimate of drug-likeness (QED) is 0.773. The van der Waals surface area contributed by atoms with Crippen molar-refractivity contribution in [2.45, 2.75) is 28.5 Å². The number of hydrogen-bond acceptors (Lipinski definition) is 4. The van der Waals surface area contributed by atoms with Gasteiger partial charge in [-0.05, 0) is 29.0 Å². The SMILES string of the molecule is O[C@](Cc1ccccc1SC(F)(F)F)(c1ccccc1)[C@@H]1CNCCO1. The number of nitrogens with one attached hydrogen (secondary N) is 1. The molecule has 2 aromatic rings. The third-order valence-corrected chi connectivity index (χ3v) is 5.24. The van der Waals surface area contributed by atoms with Gasteiger partial charge < -0.3 is 15.2 Å². The van der Waals surface area contributed by atoms with Crippen molar-refractivity contribution in [3.05, 3.63) is 65.7 Å². The molecule has 0 amide bonds. The first-order valence-electron chi connectivity index (χ1n) is 8.32. The molecular formula is C19H20F3NO2S. The van der Waals surface area contributed by atoms with E-state index in [-0.39, 0.29) is 23.1 Å². The molecule has 0 spiro atoms. The topological polar surface area (TPSA) is 41.5 Å². The molecule has 0 aliphatic carbocycles. The van der Waals surface area contributed by atoms with E-state index in [0.29, 0.717) is 30.8 Å². The van der Waals surface area contributed by atoms with Crippen LogP contribution in [0.15, 0.2) is 59.5 Å². The van der Waals surface area contributed by atoms with Crippen LogP contribution in [0.2, 0.25) is 0 Å². The second-order valence-corrected chi connectivity index (χ2v) is 7.29. The average molecular weight is 383 g/mol. The highest BCUT2D eigenvalue weighted by atomic mass is 32.2. The zero-order valence-corrected chi connectivity index (χ0v) is 14.8. The predicted molar refractivity (Wildman–Crippen MR) is 95.0 cm³/mol. The van der Waals surface area contributed by atoms with Gasteiger partial charge >= 0.3 is 5.51 Å². The van der Waals surface area contributed by atoms with Crippen LogP contribution in [0.1, 0.15) is 11.1 Å². The number of thioether (sulfide) groups is 1. The zero-order valence-electron chi connectivity index (χ0n) is 14.0. The molecule has 2 aromatic carbocycles. The third kappa shape index (κ3) is 4.59. The second-order valence-electron chi connectivity index (χ2n) is 6.19. The Morgan fingerprint density at radius 3 is 2.42 bits per heavy atom. The van der Waals surface area contributed by atoms with Gasteiger partial charge in [0.15, 0.2) is 0 Å². The number of rotatable bonds is 5. The lowest BCUT2D eigenvalue weighted by Crippen LogP contribution is -2.52. The summed E-state index contributed by atoms with van der Waals surface area (Å²) in [6.45, 7) is 1.56. The van der Waals surface area contributed by atoms with Gasteiger partial charge in [0, 0.05) is 24.4 Å². The van der Waals surface area contributed by atoms with Crippen molar-refractivity contribution in [3.8, 4) is 0 Å². The molecule has 0 bridgehead atoms. The standard InChI is InChI=1S/C19H20F3NO2S/c20-19(21,22)26-16-9-5-4-6-14(16)12-18(24,15-7-2-1-3-8-15)17-13-23-10-11-25-17/h1-9,17,23-24H,10-13H2/t17-,18+/m0/s1. The Morgan fingerprint density at radius 1 is 1.08 bits per heavy atom. The summed E-state index contributed by atoms with van der Waals surface area (Å²) in [6.07, 6.45) is -0.523. The molecule has 2 N–H and O–H groups in total. The van der Waals surface area contributed by atoms with Crippen LogP contribution in [-0.2, 0) is 16.8 Å². The van der Waals surface area contributed by atoms with E-state index in [1.807, 2.05) is 6.07 Å². The van der Waals surface area contributed by atoms with E-state index in [2.05, 4.69) is 5.32 Å². The molecule has 1 aliphatic rings. The Morgan fingerprint density at radius 2 is 1.77 bits per heavy atom. The number of hydrogen-bond donors (Lipinski definition) is 2. The monoisotopic (exact) mass is 383 g/mol. The summed E-state index contributed by atoms with van der Waals surface area (Å²) in [5, 5.41) is 14.7. The van der Waals surface area contributed by atoms with E-state index >= 15 is 0 Å². The van der Waals surface area contributed by atoms with Crippen LogP contribution in [0.3, 0.4) is 0 Å². The van der Waals surface area contributed by atoms with Gasteiger partial charge in [0.2, 0.25) is 0 Å². The Hall–Kier alpha value is -1.54. The summed E-state index contributed by atoms with van der Waals surface area (Å²) < 4.78 is 44.5. The molecule has 0 radical (unpaired) electrons. The van der Waals surface area contributed by atoms with Crippen molar-refractivity contribution < 1.29 is 23.0 Å². The van der Waals surface area contributed by atoms with Crippen molar-refractivity contribution in [1.29, 1.82) is 0 Å². The average Bonchev–Trinajstić information content (AvgIpc) is 2.63. The third-order valence-electron chi connectivity index (χ3n) is 4.39. The van der Waals surface area contributed by atoms with Crippen molar-refractivity contribution in [2.24, 2.45) is 0 Å². The molecule has 1 saturated heterocycles. The fourth-order valence-corrected chi connectivity index (χ4v) is 3.83. The largest absolute Gasteiger partial charge is 0.446 e. The number of halogens is 3. The van der Waals surface area contributed by atoms with E-state index in [4.69, 9.17) is 4.74 Å². The number of morpholine rings is 1. The molecule has 3 rings (SSSR count). The minimum Gasteiger partial charge on any atom is -0.382 e. The van der Waals surface area contributed by atoms with Crippen molar-refractivity contribution in [1.82, 2.24) is 5.32 Å².